The molecule has 306 valence electrons. The molecule has 0 bridgehead atoms. The predicted molar refractivity (Wildman–Crippen MR) is 234 cm³/mol. The number of hydrogen-bond acceptors (Lipinski definition) is 8. The number of alkyl halides is 3. The molecule has 0 fully saturated rings. The van der Waals surface area contributed by atoms with Crippen molar-refractivity contribution in [2.75, 3.05) is 49.5 Å². The highest BCUT2D eigenvalue weighted by Crippen LogP contribution is 2.38. The molecule has 5 aromatic carbocycles. The Morgan fingerprint density at radius 2 is 1.64 bits per heavy atom. The molecule has 0 amide bonds. The zero-order valence-electron chi connectivity index (χ0n) is 32.6. The zero-order chi connectivity index (χ0) is 41.6. The number of nitrogens with zero attached hydrogens (tertiary/aromatic N) is 4. The van der Waals surface area contributed by atoms with Crippen LogP contribution in [0.15, 0.2) is 137 Å². The van der Waals surface area contributed by atoms with Gasteiger partial charge in [0.1, 0.15) is 6.33 Å². The number of benzene rings is 5. The first kappa shape index (κ1) is 42.2. The second kappa shape index (κ2) is 18.6. The van der Waals surface area contributed by atoms with E-state index in [-0.39, 0.29) is 17.5 Å². The molecule has 0 spiro atoms. The van der Waals surface area contributed by atoms with Gasteiger partial charge in [-0.3, -0.25) is 9.62 Å². The van der Waals surface area contributed by atoms with Crippen LogP contribution in [0.2, 0.25) is 5.02 Å². The predicted octanol–water partition coefficient (Wildman–Crippen LogP) is 10.6. The van der Waals surface area contributed by atoms with Crippen LogP contribution in [0.3, 0.4) is 0 Å². The summed E-state index contributed by atoms with van der Waals surface area (Å²) < 4.78 is 73.5. The van der Waals surface area contributed by atoms with E-state index < -0.39 is 26.7 Å². The molecule has 1 unspecified atom stereocenters. The lowest BCUT2D eigenvalue weighted by Crippen LogP contribution is -2.29. The van der Waals surface area contributed by atoms with E-state index >= 15 is 0 Å². The van der Waals surface area contributed by atoms with Gasteiger partial charge in [-0.1, -0.05) is 78.3 Å². The second-order valence-electron chi connectivity index (χ2n) is 14.7. The first-order chi connectivity index (χ1) is 28.3. The van der Waals surface area contributed by atoms with Crippen LogP contribution in [0.1, 0.15) is 29.5 Å². The highest BCUT2D eigenvalue weighted by atomic mass is 35.5. The van der Waals surface area contributed by atoms with Crippen molar-refractivity contribution < 1.29 is 21.6 Å². The number of halogens is 4. The van der Waals surface area contributed by atoms with Gasteiger partial charge in [0.15, 0.2) is 5.82 Å². The average molecular weight is 857 g/mol. The standard InChI is InChI=1S/C45H44ClF3N6O2S2/c1-54(2)23-22-36(29-58-37-9-4-3-5-10-37)52-42-19-17-38(27-41(42)45(47,48)49)59(56,57)53-44-40-18-14-33(26-43(40)50-30-51-44)31-20-24-55(25-21-31)28-34-8-6-7-11-39(34)32-12-15-35(46)16-13-32/h3-20,26-27,30,36,52H,21-25,28-29H2,1-2H3,(H,50,51,53). The molecule has 0 saturated heterocycles. The topological polar surface area (TPSA) is 90.5 Å². The van der Waals surface area contributed by atoms with E-state index in [0.29, 0.717) is 40.7 Å². The Hall–Kier alpha value is -4.92. The maximum Gasteiger partial charge on any atom is 0.418 e. The summed E-state index contributed by atoms with van der Waals surface area (Å²) in [6.07, 6.45) is -0.00572. The summed E-state index contributed by atoms with van der Waals surface area (Å²) in [6.45, 7) is 3.02. The highest BCUT2D eigenvalue weighted by molar-refractivity contribution is 7.99. The summed E-state index contributed by atoms with van der Waals surface area (Å²) in [7, 11) is -0.676. The zero-order valence-corrected chi connectivity index (χ0v) is 35.0. The average Bonchev–Trinajstić information content (AvgIpc) is 3.22. The number of aromatic nitrogens is 2. The van der Waals surface area contributed by atoms with Crippen molar-refractivity contribution in [1.82, 2.24) is 19.8 Å². The first-order valence-corrected chi connectivity index (χ1v) is 22.0. The van der Waals surface area contributed by atoms with Crippen molar-refractivity contribution in [2.24, 2.45) is 0 Å². The first-order valence-electron chi connectivity index (χ1n) is 19.2. The van der Waals surface area contributed by atoms with E-state index in [1.807, 2.05) is 91.8 Å². The van der Waals surface area contributed by atoms with Crippen LogP contribution in [-0.2, 0) is 22.7 Å². The Morgan fingerprint density at radius 3 is 2.37 bits per heavy atom. The fourth-order valence-electron chi connectivity index (χ4n) is 7.05. The minimum absolute atomic E-state index is 0.0258. The van der Waals surface area contributed by atoms with Crippen molar-refractivity contribution in [3.63, 3.8) is 0 Å². The van der Waals surface area contributed by atoms with Crippen LogP contribution < -0.4 is 10.0 Å². The molecule has 7 rings (SSSR count). The molecule has 8 nitrogen and oxygen atoms in total. The van der Waals surface area contributed by atoms with Gasteiger partial charge < -0.3 is 10.2 Å². The molecule has 0 saturated carbocycles. The van der Waals surface area contributed by atoms with Gasteiger partial charge in [0.2, 0.25) is 0 Å². The number of anilines is 2. The second-order valence-corrected chi connectivity index (χ2v) is 17.9. The minimum Gasteiger partial charge on any atom is -0.381 e. The van der Waals surface area contributed by atoms with Gasteiger partial charge in [0, 0.05) is 52.4 Å². The Balaban J connectivity index is 1.06. The van der Waals surface area contributed by atoms with E-state index in [9.17, 15) is 21.6 Å². The molecule has 1 aliphatic rings. The van der Waals surface area contributed by atoms with E-state index in [4.69, 9.17) is 11.6 Å². The lowest BCUT2D eigenvalue weighted by molar-refractivity contribution is -0.137. The number of fused-ring (bicyclic) bond motifs is 1. The molecule has 2 N–H and O–H groups in total. The number of nitrogens with one attached hydrogen (secondary N) is 2. The summed E-state index contributed by atoms with van der Waals surface area (Å²) in [4.78, 5) is 13.4. The van der Waals surface area contributed by atoms with Crippen LogP contribution in [0.5, 0.6) is 0 Å². The van der Waals surface area contributed by atoms with Gasteiger partial charge in [-0.15, -0.1) is 11.8 Å². The van der Waals surface area contributed by atoms with E-state index in [0.717, 1.165) is 47.7 Å². The summed E-state index contributed by atoms with van der Waals surface area (Å²) in [6, 6.07) is 34.1. The molecule has 0 radical (unpaired) electrons. The van der Waals surface area contributed by atoms with E-state index in [1.54, 1.807) is 17.8 Å². The molecule has 6 aromatic rings. The quantitative estimate of drug-likeness (QED) is 0.0987. The van der Waals surface area contributed by atoms with Gasteiger partial charge in [0.05, 0.1) is 16.0 Å². The molecule has 1 atom stereocenters. The van der Waals surface area contributed by atoms with Gasteiger partial charge in [-0.05, 0) is 116 Å². The van der Waals surface area contributed by atoms with Gasteiger partial charge in [0.25, 0.3) is 10.0 Å². The molecule has 0 aliphatic carbocycles. The Kier molecular flexibility index (Phi) is 13.3. The summed E-state index contributed by atoms with van der Waals surface area (Å²) in [5, 5.41) is 4.19. The molecule has 1 aliphatic heterocycles. The Morgan fingerprint density at radius 1 is 0.898 bits per heavy atom. The van der Waals surface area contributed by atoms with Crippen molar-refractivity contribution >= 4 is 61.4 Å². The summed E-state index contributed by atoms with van der Waals surface area (Å²) in [5.74, 6) is 0.484. The van der Waals surface area contributed by atoms with Crippen LogP contribution >= 0.6 is 23.4 Å². The highest BCUT2D eigenvalue weighted by Gasteiger charge is 2.36. The normalized spacial score (nSPS) is 14.3. The SMILES string of the molecule is CN(C)CCC(CSc1ccccc1)Nc1ccc(S(=O)(=O)Nc2ncnc3cc(C4=CCN(Cc5ccccc5-c5ccc(Cl)cc5)CC4)ccc23)cc1C(F)(F)F. The van der Waals surface area contributed by atoms with Gasteiger partial charge >= 0.3 is 6.18 Å². The van der Waals surface area contributed by atoms with Gasteiger partial charge in [-0.2, -0.15) is 13.2 Å². The third-order valence-electron chi connectivity index (χ3n) is 10.2. The largest absolute Gasteiger partial charge is 0.418 e. The molecule has 1 aromatic heterocycles. The molecular weight excluding hydrogens is 813 g/mol. The Bertz CT molecular complexity index is 2540. The molecular formula is C45H44ClF3N6O2S2. The van der Waals surface area contributed by atoms with Crippen molar-refractivity contribution in [3.8, 4) is 11.1 Å². The third-order valence-corrected chi connectivity index (χ3v) is 12.9. The van der Waals surface area contributed by atoms with E-state index in [2.05, 4.69) is 49.2 Å². The van der Waals surface area contributed by atoms with Crippen molar-refractivity contribution in [2.45, 2.75) is 41.4 Å². The number of sulfonamides is 1. The third kappa shape index (κ3) is 10.8. The van der Waals surface area contributed by atoms with Crippen LogP contribution in [0.25, 0.3) is 27.6 Å². The molecule has 14 heteroatoms. The fourth-order valence-corrected chi connectivity index (χ4v) is 9.22. The lowest BCUT2D eigenvalue weighted by atomic mass is 9.96. The van der Waals surface area contributed by atoms with E-state index in [1.165, 1.54) is 29.6 Å². The fraction of sp³-hybridized carbons (Fsp3) is 0.244. The van der Waals surface area contributed by atoms with Gasteiger partial charge in [-0.25, -0.2) is 18.4 Å². The summed E-state index contributed by atoms with van der Waals surface area (Å²) in [5.41, 5.74) is 4.86. The maximum atomic E-state index is 14.6. The lowest BCUT2D eigenvalue weighted by Gasteiger charge is -2.27. The number of thioether (sulfide) groups is 1. The van der Waals surface area contributed by atoms with Crippen molar-refractivity contribution in [1.29, 1.82) is 0 Å². The minimum atomic E-state index is -4.82. The number of rotatable bonds is 15. The Labute approximate surface area is 352 Å². The van der Waals surface area contributed by atoms with Crippen molar-refractivity contribution in [3.05, 3.63) is 149 Å². The number of hydrogen-bond donors (Lipinski definition) is 2. The molecule has 2 heterocycles. The van der Waals surface area contributed by atoms with Crippen LogP contribution in [0, 0.1) is 0 Å². The smallest absolute Gasteiger partial charge is 0.381 e. The van der Waals surface area contributed by atoms with Crippen LogP contribution in [-0.4, -0.2) is 73.7 Å². The molecule has 59 heavy (non-hydrogen) atoms. The summed E-state index contributed by atoms with van der Waals surface area (Å²) >= 11 is 7.67. The van der Waals surface area contributed by atoms with Crippen LogP contribution in [0.4, 0.5) is 24.7 Å². The maximum absolute atomic E-state index is 14.6. The monoisotopic (exact) mass is 856 g/mol.